The van der Waals surface area contributed by atoms with Gasteiger partial charge in [0.25, 0.3) is 0 Å². The number of nitrogens with zero attached hydrogens (tertiary/aromatic N) is 3. The molecule has 0 unspecified atom stereocenters. The quantitative estimate of drug-likeness (QED) is 0.934. The highest BCUT2D eigenvalue weighted by Crippen LogP contribution is 2.10. The molecule has 0 bridgehead atoms. The molecule has 2 aromatic rings. The average molecular weight is 274 g/mol. The van der Waals surface area contributed by atoms with Crippen LogP contribution in [0.25, 0.3) is 0 Å². The van der Waals surface area contributed by atoms with Crippen molar-refractivity contribution >= 4 is 11.9 Å². The fraction of sp³-hybridized carbons (Fsp3) is 0.357. The van der Waals surface area contributed by atoms with Gasteiger partial charge in [-0.2, -0.15) is 0 Å². The molecule has 1 aromatic carbocycles. The molecule has 0 aliphatic rings. The normalized spacial score (nSPS) is 11.2. The predicted octanol–water partition coefficient (Wildman–Crippen LogP) is 2.67. The molecule has 1 N–H and O–H groups in total. The van der Waals surface area contributed by atoms with Crippen LogP contribution in [0.5, 0.6) is 0 Å². The molecule has 1 heterocycles. The molecule has 0 saturated carbocycles. The Kier molecular flexibility index (Phi) is 4.02. The minimum Gasteiger partial charge on any atom is -0.444 e. The Morgan fingerprint density at radius 3 is 2.65 bits per heavy atom. The predicted molar refractivity (Wildman–Crippen MR) is 75.4 cm³/mol. The minimum absolute atomic E-state index is 0.371. The van der Waals surface area contributed by atoms with E-state index in [9.17, 15) is 4.79 Å². The number of amides is 1. The first-order valence-corrected chi connectivity index (χ1v) is 6.36. The molecule has 20 heavy (non-hydrogen) atoms. The van der Waals surface area contributed by atoms with Crippen molar-refractivity contribution in [2.75, 3.05) is 5.32 Å². The minimum atomic E-state index is -0.538. The van der Waals surface area contributed by atoms with Crippen molar-refractivity contribution < 1.29 is 9.53 Å². The summed E-state index contributed by atoms with van der Waals surface area (Å²) in [5.41, 5.74) is 0.575. The molecule has 106 valence electrons. The zero-order chi connectivity index (χ0) is 14.6. The molecule has 1 aromatic heterocycles. The molecule has 0 atom stereocenters. The van der Waals surface area contributed by atoms with Crippen LogP contribution in [0.3, 0.4) is 0 Å². The number of carbonyl (C=O) groups is 1. The van der Waals surface area contributed by atoms with Crippen molar-refractivity contribution in [3.63, 3.8) is 0 Å². The molecule has 1 amide bonds. The van der Waals surface area contributed by atoms with Gasteiger partial charge in [-0.3, -0.25) is 5.32 Å². The molecule has 0 aliphatic heterocycles. The number of aromatic nitrogens is 3. The van der Waals surface area contributed by atoms with Gasteiger partial charge in [-0.15, -0.1) is 5.10 Å². The fourth-order valence-corrected chi connectivity index (χ4v) is 1.61. The zero-order valence-corrected chi connectivity index (χ0v) is 11.8. The molecular weight excluding hydrogens is 256 g/mol. The number of nitrogens with one attached hydrogen (secondary N) is 1. The van der Waals surface area contributed by atoms with Crippen LogP contribution < -0.4 is 5.32 Å². The van der Waals surface area contributed by atoms with Crippen LogP contribution in [0.1, 0.15) is 26.3 Å². The molecule has 0 aliphatic carbocycles. The summed E-state index contributed by atoms with van der Waals surface area (Å²) >= 11 is 0. The largest absolute Gasteiger partial charge is 0.444 e. The van der Waals surface area contributed by atoms with Crippen LogP contribution in [-0.2, 0) is 11.3 Å². The summed E-state index contributed by atoms with van der Waals surface area (Å²) < 4.78 is 6.80. The summed E-state index contributed by atoms with van der Waals surface area (Å²) in [6.07, 6.45) is 1.13. The standard InChI is InChI=1S/C14H18N4O2/c1-14(2,3)20-13(19)15-12-10-18(17-16-12)9-11-7-5-4-6-8-11/h4-8,10H,9H2,1-3H3,(H,15,19). The van der Waals surface area contributed by atoms with E-state index in [1.165, 1.54) is 0 Å². The lowest BCUT2D eigenvalue weighted by Gasteiger charge is -2.18. The second kappa shape index (κ2) is 5.73. The van der Waals surface area contributed by atoms with E-state index in [0.29, 0.717) is 12.4 Å². The second-order valence-corrected chi connectivity index (χ2v) is 5.41. The Morgan fingerprint density at radius 2 is 2.00 bits per heavy atom. The molecular formula is C14H18N4O2. The number of anilines is 1. The first-order chi connectivity index (χ1) is 9.42. The van der Waals surface area contributed by atoms with Crippen LogP contribution in [0.15, 0.2) is 36.5 Å². The lowest BCUT2D eigenvalue weighted by Crippen LogP contribution is -2.27. The smallest absolute Gasteiger partial charge is 0.413 e. The Bertz CT molecular complexity index is 572. The van der Waals surface area contributed by atoms with Crippen LogP contribution in [0.2, 0.25) is 0 Å². The van der Waals surface area contributed by atoms with Crippen LogP contribution in [0.4, 0.5) is 10.6 Å². The summed E-state index contributed by atoms with van der Waals surface area (Å²) in [7, 11) is 0. The number of hydrogen-bond donors (Lipinski definition) is 1. The van der Waals surface area contributed by atoms with Gasteiger partial charge in [0.2, 0.25) is 0 Å². The molecule has 0 saturated heterocycles. The van der Waals surface area contributed by atoms with E-state index in [4.69, 9.17) is 4.74 Å². The highest BCUT2D eigenvalue weighted by Gasteiger charge is 2.17. The van der Waals surface area contributed by atoms with Gasteiger partial charge in [0.15, 0.2) is 5.82 Å². The van der Waals surface area contributed by atoms with Crippen molar-refractivity contribution in [3.05, 3.63) is 42.1 Å². The monoisotopic (exact) mass is 274 g/mol. The van der Waals surface area contributed by atoms with Crippen molar-refractivity contribution in [1.82, 2.24) is 15.0 Å². The number of rotatable bonds is 3. The van der Waals surface area contributed by atoms with Gasteiger partial charge in [-0.05, 0) is 26.3 Å². The topological polar surface area (TPSA) is 69.0 Å². The van der Waals surface area contributed by atoms with E-state index in [2.05, 4.69) is 15.6 Å². The van der Waals surface area contributed by atoms with E-state index in [-0.39, 0.29) is 0 Å². The van der Waals surface area contributed by atoms with Crippen molar-refractivity contribution in [1.29, 1.82) is 0 Å². The SMILES string of the molecule is CC(C)(C)OC(=O)Nc1cn(Cc2ccccc2)nn1. The van der Waals surface area contributed by atoms with Gasteiger partial charge < -0.3 is 4.74 Å². The third-order valence-electron chi connectivity index (χ3n) is 2.36. The van der Waals surface area contributed by atoms with Gasteiger partial charge in [-0.25, -0.2) is 9.48 Å². The van der Waals surface area contributed by atoms with Crippen LogP contribution in [-0.4, -0.2) is 26.7 Å². The zero-order valence-electron chi connectivity index (χ0n) is 11.8. The Hall–Kier alpha value is -2.37. The van der Waals surface area contributed by atoms with E-state index in [1.807, 2.05) is 30.3 Å². The van der Waals surface area contributed by atoms with E-state index < -0.39 is 11.7 Å². The van der Waals surface area contributed by atoms with E-state index >= 15 is 0 Å². The maximum atomic E-state index is 11.6. The summed E-state index contributed by atoms with van der Waals surface area (Å²) in [5.74, 6) is 0.371. The first kappa shape index (κ1) is 14.0. The molecule has 6 nitrogen and oxygen atoms in total. The Balaban J connectivity index is 1.94. The van der Waals surface area contributed by atoms with Crippen molar-refractivity contribution in [2.24, 2.45) is 0 Å². The summed E-state index contributed by atoms with van der Waals surface area (Å²) in [5, 5.41) is 10.4. The first-order valence-electron chi connectivity index (χ1n) is 6.36. The lowest BCUT2D eigenvalue weighted by molar-refractivity contribution is 0.0635. The maximum Gasteiger partial charge on any atom is 0.413 e. The molecule has 6 heteroatoms. The van der Waals surface area contributed by atoms with Crippen molar-refractivity contribution in [3.8, 4) is 0 Å². The van der Waals surface area contributed by atoms with Gasteiger partial charge in [0.05, 0.1) is 12.7 Å². The number of hydrogen-bond acceptors (Lipinski definition) is 4. The number of ether oxygens (including phenoxy) is 1. The maximum absolute atomic E-state index is 11.6. The number of benzene rings is 1. The average Bonchev–Trinajstić information content (AvgIpc) is 2.75. The molecule has 2 rings (SSSR count). The lowest BCUT2D eigenvalue weighted by atomic mass is 10.2. The van der Waals surface area contributed by atoms with Crippen molar-refractivity contribution in [2.45, 2.75) is 32.9 Å². The molecule has 0 spiro atoms. The highest BCUT2D eigenvalue weighted by atomic mass is 16.6. The third kappa shape index (κ3) is 4.38. The molecule has 0 fully saturated rings. The highest BCUT2D eigenvalue weighted by molar-refractivity contribution is 5.83. The Morgan fingerprint density at radius 1 is 1.30 bits per heavy atom. The van der Waals surface area contributed by atoms with Gasteiger partial charge in [-0.1, -0.05) is 35.5 Å². The van der Waals surface area contributed by atoms with Gasteiger partial charge >= 0.3 is 6.09 Å². The number of carbonyl (C=O) groups excluding carboxylic acids is 1. The second-order valence-electron chi connectivity index (χ2n) is 5.41. The summed E-state index contributed by atoms with van der Waals surface area (Å²) in [4.78, 5) is 11.6. The van der Waals surface area contributed by atoms with Crippen LogP contribution in [0, 0.1) is 0 Å². The summed E-state index contributed by atoms with van der Waals surface area (Å²) in [6, 6.07) is 9.89. The van der Waals surface area contributed by atoms with Gasteiger partial charge in [0, 0.05) is 0 Å². The van der Waals surface area contributed by atoms with E-state index in [1.54, 1.807) is 31.6 Å². The van der Waals surface area contributed by atoms with Gasteiger partial charge in [0.1, 0.15) is 5.60 Å². The van der Waals surface area contributed by atoms with Crippen LogP contribution >= 0.6 is 0 Å². The third-order valence-corrected chi connectivity index (χ3v) is 2.36. The fourth-order valence-electron chi connectivity index (χ4n) is 1.61. The summed E-state index contributed by atoms with van der Waals surface area (Å²) in [6.45, 7) is 6.01. The Labute approximate surface area is 117 Å². The molecule has 0 radical (unpaired) electrons. The van der Waals surface area contributed by atoms with E-state index in [0.717, 1.165) is 5.56 Å².